The van der Waals surface area contributed by atoms with E-state index in [0.29, 0.717) is 23.3 Å². The molecule has 0 unspecified atom stereocenters. The van der Waals surface area contributed by atoms with Gasteiger partial charge in [-0.05, 0) is 35.9 Å². The molecule has 20 heavy (non-hydrogen) atoms. The summed E-state index contributed by atoms with van der Waals surface area (Å²) in [6.45, 7) is 0.123. The Morgan fingerprint density at radius 3 is 2.45 bits per heavy atom. The zero-order valence-corrected chi connectivity index (χ0v) is 10.6. The number of rotatable bonds is 4. The van der Waals surface area contributed by atoms with Crippen LogP contribution in [0, 0.1) is 28.5 Å². The zero-order valence-electron chi connectivity index (χ0n) is 10.6. The summed E-state index contributed by atoms with van der Waals surface area (Å²) in [5.41, 5.74) is 1.81. The highest BCUT2D eigenvalue weighted by Crippen LogP contribution is 2.17. The van der Waals surface area contributed by atoms with E-state index >= 15 is 0 Å². The molecule has 0 atom stereocenters. The average Bonchev–Trinajstić information content (AvgIpc) is 2.47. The van der Waals surface area contributed by atoms with Crippen LogP contribution >= 0.6 is 0 Å². The molecule has 0 bridgehead atoms. The van der Waals surface area contributed by atoms with E-state index in [4.69, 9.17) is 15.3 Å². The molecule has 0 aliphatic rings. The maximum absolute atomic E-state index is 13.2. The van der Waals surface area contributed by atoms with E-state index in [2.05, 4.69) is 6.07 Å². The highest BCUT2D eigenvalue weighted by atomic mass is 19.1. The first-order chi connectivity index (χ1) is 9.72. The summed E-state index contributed by atoms with van der Waals surface area (Å²) in [6, 6.07) is 15.1. The summed E-state index contributed by atoms with van der Waals surface area (Å²) in [5, 5.41) is 17.5. The number of nitrogens with zero attached hydrogens (tertiary/aromatic N) is 2. The lowest BCUT2D eigenvalue weighted by atomic mass is 10.1. The molecule has 2 aromatic carbocycles. The third-order valence-corrected chi connectivity index (χ3v) is 2.79. The van der Waals surface area contributed by atoms with Crippen LogP contribution in [0.15, 0.2) is 42.5 Å². The third-order valence-electron chi connectivity index (χ3n) is 2.79. The van der Waals surface area contributed by atoms with Crippen molar-refractivity contribution >= 4 is 0 Å². The Kier molecular flexibility index (Phi) is 4.32. The molecule has 2 aromatic rings. The van der Waals surface area contributed by atoms with Crippen LogP contribution in [0.25, 0.3) is 0 Å². The fraction of sp³-hybridized carbons (Fsp3) is 0.125. The number of ether oxygens (including phenoxy) is 1. The van der Waals surface area contributed by atoms with Crippen LogP contribution in [0.3, 0.4) is 0 Å². The first kappa shape index (κ1) is 13.6. The summed E-state index contributed by atoms with van der Waals surface area (Å²) < 4.78 is 18.7. The monoisotopic (exact) mass is 266 g/mol. The molecule has 0 saturated heterocycles. The van der Waals surface area contributed by atoms with Crippen molar-refractivity contribution in [3.63, 3.8) is 0 Å². The first-order valence-corrected chi connectivity index (χ1v) is 6.00. The van der Waals surface area contributed by atoms with Crippen LogP contribution < -0.4 is 4.74 Å². The van der Waals surface area contributed by atoms with Gasteiger partial charge in [-0.15, -0.1) is 0 Å². The largest absolute Gasteiger partial charge is 0.489 e. The fourth-order valence-corrected chi connectivity index (χ4v) is 1.75. The van der Waals surface area contributed by atoms with Gasteiger partial charge in [0.05, 0.1) is 24.1 Å². The van der Waals surface area contributed by atoms with E-state index in [0.717, 1.165) is 5.56 Å². The van der Waals surface area contributed by atoms with Crippen molar-refractivity contribution in [2.24, 2.45) is 0 Å². The number of halogens is 1. The van der Waals surface area contributed by atoms with Crippen LogP contribution in [-0.2, 0) is 13.0 Å². The van der Waals surface area contributed by atoms with Crippen LogP contribution in [0.5, 0.6) is 5.75 Å². The van der Waals surface area contributed by atoms with Gasteiger partial charge in [-0.25, -0.2) is 4.39 Å². The Balaban J connectivity index is 2.07. The summed E-state index contributed by atoms with van der Waals surface area (Å²) in [4.78, 5) is 0. The van der Waals surface area contributed by atoms with Gasteiger partial charge in [-0.2, -0.15) is 10.5 Å². The SMILES string of the molecule is N#CCc1ccc(OCc2cc(F)ccc2C#N)cc1. The summed E-state index contributed by atoms with van der Waals surface area (Å²) >= 11 is 0. The molecule has 0 aromatic heterocycles. The normalized spacial score (nSPS) is 9.55. The predicted octanol–water partition coefficient (Wildman–Crippen LogP) is 3.34. The van der Waals surface area contributed by atoms with Crippen LogP contribution in [0.1, 0.15) is 16.7 Å². The molecule has 0 radical (unpaired) electrons. The topological polar surface area (TPSA) is 56.8 Å². The highest BCUT2D eigenvalue weighted by Gasteiger charge is 2.05. The average molecular weight is 266 g/mol. The second-order valence-corrected chi connectivity index (χ2v) is 4.18. The number of hydrogen-bond donors (Lipinski definition) is 0. The van der Waals surface area contributed by atoms with Gasteiger partial charge < -0.3 is 4.74 Å². The van der Waals surface area contributed by atoms with Crippen molar-refractivity contribution in [1.29, 1.82) is 10.5 Å². The van der Waals surface area contributed by atoms with E-state index in [1.807, 2.05) is 6.07 Å². The molecule has 0 aliphatic carbocycles. The quantitative estimate of drug-likeness (QED) is 0.852. The van der Waals surface area contributed by atoms with E-state index in [9.17, 15) is 4.39 Å². The molecular formula is C16H11FN2O. The Labute approximate surface area is 116 Å². The lowest BCUT2D eigenvalue weighted by Crippen LogP contribution is -1.99. The van der Waals surface area contributed by atoms with Gasteiger partial charge in [0, 0.05) is 5.56 Å². The van der Waals surface area contributed by atoms with Gasteiger partial charge in [0.25, 0.3) is 0 Å². The summed E-state index contributed by atoms with van der Waals surface area (Å²) in [7, 11) is 0. The highest BCUT2D eigenvalue weighted by molar-refractivity contribution is 5.38. The molecule has 4 heteroatoms. The van der Waals surface area contributed by atoms with Crippen LogP contribution in [0.2, 0.25) is 0 Å². The summed E-state index contributed by atoms with van der Waals surface area (Å²) in [6.07, 6.45) is 0.350. The Bertz CT molecular complexity index is 681. The molecule has 98 valence electrons. The first-order valence-electron chi connectivity index (χ1n) is 6.00. The molecule has 0 amide bonds. The van der Waals surface area contributed by atoms with Crippen molar-refractivity contribution in [3.05, 3.63) is 65.0 Å². The van der Waals surface area contributed by atoms with Gasteiger partial charge in [-0.1, -0.05) is 12.1 Å². The Hall–Kier alpha value is -2.85. The minimum Gasteiger partial charge on any atom is -0.489 e. The number of hydrogen-bond acceptors (Lipinski definition) is 3. The molecule has 0 aliphatic heterocycles. The molecule has 0 N–H and O–H groups in total. The van der Waals surface area contributed by atoms with Crippen molar-refractivity contribution in [2.75, 3.05) is 0 Å². The predicted molar refractivity (Wildman–Crippen MR) is 71.2 cm³/mol. The second-order valence-electron chi connectivity index (χ2n) is 4.18. The van der Waals surface area contributed by atoms with Crippen molar-refractivity contribution in [3.8, 4) is 17.9 Å². The Morgan fingerprint density at radius 2 is 1.80 bits per heavy atom. The smallest absolute Gasteiger partial charge is 0.123 e. The van der Waals surface area contributed by atoms with E-state index in [1.165, 1.54) is 18.2 Å². The molecule has 2 rings (SSSR count). The lowest BCUT2D eigenvalue weighted by molar-refractivity contribution is 0.305. The Morgan fingerprint density at radius 1 is 1.05 bits per heavy atom. The van der Waals surface area contributed by atoms with Gasteiger partial charge in [-0.3, -0.25) is 0 Å². The maximum atomic E-state index is 13.2. The lowest BCUT2D eigenvalue weighted by Gasteiger charge is -2.08. The summed E-state index contributed by atoms with van der Waals surface area (Å²) in [5.74, 6) is 0.215. The molecule has 3 nitrogen and oxygen atoms in total. The van der Waals surface area contributed by atoms with Crippen LogP contribution in [0.4, 0.5) is 4.39 Å². The van der Waals surface area contributed by atoms with Crippen LogP contribution in [-0.4, -0.2) is 0 Å². The van der Waals surface area contributed by atoms with Gasteiger partial charge in [0.15, 0.2) is 0 Å². The van der Waals surface area contributed by atoms with Gasteiger partial charge in [0.1, 0.15) is 18.2 Å². The number of nitriles is 2. The molecular weight excluding hydrogens is 255 g/mol. The van der Waals surface area contributed by atoms with Crippen molar-refractivity contribution < 1.29 is 9.13 Å². The van der Waals surface area contributed by atoms with Gasteiger partial charge in [0.2, 0.25) is 0 Å². The van der Waals surface area contributed by atoms with E-state index < -0.39 is 5.82 Å². The maximum Gasteiger partial charge on any atom is 0.123 e. The second kappa shape index (κ2) is 6.36. The van der Waals surface area contributed by atoms with Gasteiger partial charge >= 0.3 is 0 Å². The standard InChI is InChI=1S/C16H11FN2O/c17-15-4-3-13(10-19)14(9-15)11-20-16-5-1-12(2-6-16)7-8-18/h1-6,9H,7,11H2. The molecule has 0 spiro atoms. The minimum absolute atomic E-state index is 0.123. The zero-order chi connectivity index (χ0) is 14.4. The molecule has 0 heterocycles. The minimum atomic E-state index is -0.396. The van der Waals surface area contributed by atoms with E-state index in [1.54, 1.807) is 24.3 Å². The molecule has 0 saturated carbocycles. The van der Waals surface area contributed by atoms with Crippen molar-refractivity contribution in [2.45, 2.75) is 13.0 Å². The number of benzene rings is 2. The molecule has 0 fully saturated rings. The fourth-order valence-electron chi connectivity index (χ4n) is 1.75. The third kappa shape index (κ3) is 3.34. The van der Waals surface area contributed by atoms with E-state index in [-0.39, 0.29) is 6.61 Å². The van der Waals surface area contributed by atoms with Crippen molar-refractivity contribution in [1.82, 2.24) is 0 Å².